The molecule has 1 atom stereocenters. The van der Waals surface area contributed by atoms with Crippen molar-refractivity contribution < 1.29 is 9.13 Å². The summed E-state index contributed by atoms with van der Waals surface area (Å²) in [5.41, 5.74) is 3.06. The summed E-state index contributed by atoms with van der Waals surface area (Å²) in [5.74, 6) is 0.557. The maximum absolute atomic E-state index is 13.4. The second-order valence-electron chi connectivity index (χ2n) is 6.43. The predicted octanol–water partition coefficient (Wildman–Crippen LogP) is 4.44. The fourth-order valence-corrected chi connectivity index (χ4v) is 3.78. The van der Waals surface area contributed by atoms with Gasteiger partial charge in [-0.2, -0.15) is 0 Å². The average Bonchev–Trinajstić information content (AvgIpc) is 3.17. The zero-order valence-corrected chi connectivity index (χ0v) is 15.7. The lowest BCUT2D eigenvalue weighted by molar-refractivity contribution is 0.293. The van der Waals surface area contributed by atoms with Crippen molar-refractivity contribution in [3.05, 3.63) is 83.9 Å². The molecule has 0 unspecified atom stereocenters. The third-order valence-corrected chi connectivity index (χ3v) is 5.16. The minimum absolute atomic E-state index is 0.0624. The zero-order valence-electron chi connectivity index (χ0n) is 14.9. The van der Waals surface area contributed by atoms with Crippen molar-refractivity contribution in [3.63, 3.8) is 0 Å². The van der Waals surface area contributed by atoms with Crippen molar-refractivity contribution >= 4 is 23.0 Å². The number of nitrogens with one attached hydrogen (secondary N) is 1. The van der Waals surface area contributed by atoms with Crippen LogP contribution in [0.25, 0.3) is 0 Å². The van der Waals surface area contributed by atoms with E-state index in [9.17, 15) is 4.39 Å². The van der Waals surface area contributed by atoms with E-state index in [1.807, 2.05) is 42.5 Å². The monoisotopic (exact) mass is 381 g/mol. The van der Waals surface area contributed by atoms with Crippen LogP contribution in [0, 0.1) is 5.82 Å². The largest absolute Gasteiger partial charge is 0.497 e. The molecular formula is C21H20FN3OS. The molecule has 0 bridgehead atoms. The summed E-state index contributed by atoms with van der Waals surface area (Å²) in [4.78, 5) is 2.15. The molecule has 1 aliphatic heterocycles. The van der Waals surface area contributed by atoms with Crippen LogP contribution in [0.5, 0.6) is 5.75 Å². The molecule has 0 saturated carbocycles. The molecule has 0 spiro atoms. The Morgan fingerprint density at radius 1 is 1.07 bits per heavy atom. The first-order valence-corrected chi connectivity index (χ1v) is 9.19. The van der Waals surface area contributed by atoms with E-state index in [0.29, 0.717) is 5.11 Å². The molecule has 0 radical (unpaired) electrons. The van der Waals surface area contributed by atoms with Gasteiger partial charge in [0.2, 0.25) is 0 Å². The molecule has 4 rings (SSSR count). The first-order valence-electron chi connectivity index (χ1n) is 8.78. The third-order valence-electron chi connectivity index (χ3n) is 4.83. The summed E-state index contributed by atoms with van der Waals surface area (Å²) in [7, 11) is 1.64. The predicted molar refractivity (Wildman–Crippen MR) is 109 cm³/mol. The summed E-state index contributed by atoms with van der Waals surface area (Å²) in [6, 6.07) is 18.4. The number of hydrogen-bond acceptors (Lipinski definition) is 2. The van der Waals surface area contributed by atoms with Crippen molar-refractivity contribution in [2.45, 2.75) is 12.6 Å². The highest BCUT2D eigenvalue weighted by atomic mass is 32.1. The minimum atomic E-state index is -0.240. The summed E-state index contributed by atoms with van der Waals surface area (Å²) in [6.07, 6.45) is 2.07. The van der Waals surface area contributed by atoms with Gasteiger partial charge in [-0.15, -0.1) is 0 Å². The van der Waals surface area contributed by atoms with Gasteiger partial charge < -0.3 is 19.5 Å². The van der Waals surface area contributed by atoms with Gasteiger partial charge in [-0.25, -0.2) is 4.39 Å². The number of ether oxygens (including phenoxy) is 1. The number of hydrogen-bond donors (Lipinski definition) is 1. The molecule has 0 saturated heterocycles. The Labute approximate surface area is 163 Å². The number of aromatic nitrogens is 1. The fraction of sp³-hybridized carbons (Fsp3) is 0.190. The Balaban J connectivity index is 1.63. The molecule has 27 heavy (non-hydrogen) atoms. The molecular weight excluding hydrogens is 361 g/mol. The number of anilines is 1. The number of nitrogens with zero attached hydrogens (tertiary/aromatic N) is 2. The van der Waals surface area contributed by atoms with Gasteiger partial charge in [0.25, 0.3) is 0 Å². The van der Waals surface area contributed by atoms with Crippen molar-refractivity contribution in [1.29, 1.82) is 0 Å². The molecule has 2 aromatic carbocycles. The molecule has 2 heterocycles. The molecule has 4 nitrogen and oxygen atoms in total. The van der Waals surface area contributed by atoms with Crippen LogP contribution >= 0.6 is 12.2 Å². The smallest absolute Gasteiger partial charge is 0.174 e. The maximum Gasteiger partial charge on any atom is 0.174 e. The van der Waals surface area contributed by atoms with E-state index < -0.39 is 0 Å². The van der Waals surface area contributed by atoms with E-state index in [1.165, 1.54) is 12.1 Å². The highest BCUT2D eigenvalue weighted by Gasteiger charge is 2.30. The Kier molecular flexibility index (Phi) is 4.81. The fourth-order valence-electron chi connectivity index (χ4n) is 3.47. The molecule has 1 N–H and O–H groups in total. The van der Waals surface area contributed by atoms with Gasteiger partial charge in [0.05, 0.1) is 13.2 Å². The van der Waals surface area contributed by atoms with E-state index in [0.717, 1.165) is 35.8 Å². The molecule has 3 aromatic rings. The quantitative estimate of drug-likeness (QED) is 0.680. The number of methoxy groups -OCH3 is 1. The van der Waals surface area contributed by atoms with Gasteiger partial charge in [-0.05, 0) is 66.3 Å². The highest BCUT2D eigenvalue weighted by molar-refractivity contribution is 7.80. The standard InChI is InChI=1S/C21H20FN3OS/c1-26-18-10-8-17(9-11-18)23-21(27)25-14-13-24-12-2-3-19(24)20(25)15-4-6-16(22)7-5-15/h2-12,20H,13-14H2,1H3,(H,23,27)/t20-/m0/s1. The lowest BCUT2D eigenvalue weighted by Crippen LogP contribution is -2.44. The number of fused-ring (bicyclic) bond motifs is 1. The van der Waals surface area contributed by atoms with Crippen LogP contribution in [-0.4, -0.2) is 28.2 Å². The third kappa shape index (κ3) is 3.53. The van der Waals surface area contributed by atoms with Crippen LogP contribution in [0.15, 0.2) is 66.9 Å². The molecule has 0 amide bonds. The number of halogens is 1. The van der Waals surface area contributed by atoms with E-state index in [1.54, 1.807) is 7.11 Å². The molecule has 0 aliphatic carbocycles. The molecule has 138 valence electrons. The molecule has 1 aromatic heterocycles. The highest BCUT2D eigenvalue weighted by Crippen LogP contribution is 2.33. The lowest BCUT2D eigenvalue weighted by atomic mass is 10.0. The minimum Gasteiger partial charge on any atom is -0.497 e. The SMILES string of the molecule is COc1ccc(NC(=S)N2CCn3cccc3[C@@H]2c2ccc(F)cc2)cc1. The second kappa shape index (κ2) is 7.40. The average molecular weight is 381 g/mol. The summed E-state index contributed by atoms with van der Waals surface area (Å²) < 4.78 is 20.9. The van der Waals surface area contributed by atoms with Crippen LogP contribution in [0.2, 0.25) is 0 Å². The summed E-state index contributed by atoms with van der Waals surface area (Å²) >= 11 is 5.72. The zero-order chi connectivity index (χ0) is 18.8. The van der Waals surface area contributed by atoms with E-state index in [4.69, 9.17) is 17.0 Å². The van der Waals surface area contributed by atoms with E-state index >= 15 is 0 Å². The molecule has 0 fully saturated rings. The number of thiocarbonyl (C=S) groups is 1. The maximum atomic E-state index is 13.4. The van der Waals surface area contributed by atoms with Crippen LogP contribution in [-0.2, 0) is 6.54 Å². The lowest BCUT2D eigenvalue weighted by Gasteiger charge is -2.39. The van der Waals surface area contributed by atoms with E-state index in [-0.39, 0.29) is 11.9 Å². The van der Waals surface area contributed by atoms with Crippen molar-refractivity contribution in [1.82, 2.24) is 9.47 Å². The van der Waals surface area contributed by atoms with Crippen LogP contribution < -0.4 is 10.1 Å². The van der Waals surface area contributed by atoms with Crippen LogP contribution in [0.3, 0.4) is 0 Å². The topological polar surface area (TPSA) is 29.4 Å². The Morgan fingerprint density at radius 3 is 2.52 bits per heavy atom. The Morgan fingerprint density at radius 2 is 1.81 bits per heavy atom. The Hall–Kier alpha value is -2.86. The van der Waals surface area contributed by atoms with Crippen molar-refractivity contribution in [2.75, 3.05) is 19.0 Å². The molecule has 6 heteroatoms. The van der Waals surface area contributed by atoms with Crippen LogP contribution in [0.1, 0.15) is 17.3 Å². The second-order valence-corrected chi connectivity index (χ2v) is 6.82. The van der Waals surface area contributed by atoms with Gasteiger partial charge in [-0.3, -0.25) is 0 Å². The van der Waals surface area contributed by atoms with Crippen molar-refractivity contribution in [2.24, 2.45) is 0 Å². The first-order chi connectivity index (χ1) is 13.2. The normalized spacial score (nSPS) is 15.9. The van der Waals surface area contributed by atoms with Gasteiger partial charge >= 0.3 is 0 Å². The number of benzene rings is 2. The Bertz CT molecular complexity index is 937. The van der Waals surface area contributed by atoms with Gasteiger partial charge in [-0.1, -0.05) is 12.1 Å². The van der Waals surface area contributed by atoms with Gasteiger partial charge in [0.15, 0.2) is 5.11 Å². The first kappa shape index (κ1) is 17.5. The van der Waals surface area contributed by atoms with Gasteiger partial charge in [0, 0.05) is 30.7 Å². The number of rotatable bonds is 3. The van der Waals surface area contributed by atoms with Gasteiger partial charge in [0.1, 0.15) is 11.6 Å². The van der Waals surface area contributed by atoms with E-state index in [2.05, 4.69) is 27.0 Å². The molecule has 1 aliphatic rings. The summed E-state index contributed by atoms with van der Waals surface area (Å²) in [5, 5.41) is 3.96. The van der Waals surface area contributed by atoms with Crippen molar-refractivity contribution in [3.8, 4) is 5.75 Å². The summed E-state index contributed by atoms with van der Waals surface area (Å²) in [6.45, 7) is 1.62. The van der Waals surface area contributed by atoms with Crippen LogP contribution in [0.4, 0.5) is 10.1 Å².